The van der Waals surface area contributed by atoms with Gasteiger partial charge in [0.15, 0.2) is 0 Å². The van der Waals surface area contributed by atoms with E-state index in [4.69, 9.17) is 4.74 Å². The minimum Gasteiger partial charge on any atom is -0.492 e. The van der Waals surface area contributed by atoms with Crippen LogP contribution in [0.5, 0.6) is 5.75 Å². The molecular formula is C22H20F3N5O2. The summed E-state index contributed by atoms with van der Waals surface area (Å²) in [6, 6.07) is 8.08. The van der Waals surface area contributed by atoms with Crippen molar-refractivity contribution >= 4 is 23.2 Å². The third kappa shape index (κ3) is 5.51. The quantitative estimate of drug-likeness (QED) is 0.539. The summed E-state index contributed by atoms with van der Waals surface area (Å²) in [6.07, 6.45) is 1.05. The lowest BCUT2D eigenvalue weighted by Crippen LogP contribution is -2.13. The van der Waals surface area contributed by atoms with Crippen LogP contribution in [-0.2, 0) is 6.18 Å². The summed E-state index contributed by atoms with van der Waals surface area (Å²) < 4.78 is 44.3. The fourth-order valence-electron chi connectivity index (χ4n) is 3.04. The molecule has 2 N–H and O–H groups in total. The number of ether oxygens (including phenoxy) is 1. The Kier molecular flexibility index (Phi) is 5.93. The highest BCUT2D eigenvalue weighted by Gasteiger charge is 2.33. The van der Waals surface area contributed by atoms with E-state index >= 15 is 0 Å². The van der Waals surface area contributed by atoms with Gasteiger partial charge in [-0.2, -0.15) is 13.2 Å². The molecule has 0 radical (unpaired) electrons. The molecule has 0 bridgehead atoms. The molecule has 0 aromatic carbocycles. The van der Waals surface area contributed by atoms with Crippen LogP contribution in [0.15, 0.2) is 55.0 Å². The first-order valence-electron chi connectivity index (χ1n) is 9.94. The lowest BCUT2D eigenvalue weighted by molar-refractivity contribution is -0.141. The molecule has 32 heavy (non-hydrogen) atoms. The van der Waals surface area contributed by atoms with Crippen molar-refractivity contribution in [3.63, 3.8) is 0 Å². The number of anilines is 3. The maximum absolute atomic E-state index is 12.8. The number of hydrogen-bond donors (Lipinski definition) is 2. The summed E-state index contributed by atoms with van der Waals surface area (Å²) in [6.45, 7) is 2.78. The fraction of sp³-hybridized carbons (Fsp3) is 0.273. The number of amides is 1. The number of halogens is 3. The average molecular weight is 443 g/mol. The Bertz CT molecular complexity index is 1120. The zero-order chi connectivity index (χ0) is 22.7. The van der Waals surface area contributed by atoms with Crippen molar-refractivity contribution in [2.75, 3.05) is 17.2 Å². The number of pyridine rings is 3. The predicted octanol–water partition coefficient (Wildman–Crippen LogP) is 4.92. The summed E-state index contributed by atoms with van der Waals surface area (Å²) in [5.74, 6) is 1.51. The second-order valence-corrected chi connectivity index (χ2v) is 7.61. The van der Waals surface area contributed by atoms with E-state index in [0.29, 0.717) is 29.9 Å². The van der Waals surface area contributed by atoms with E-state index in [1.807, 2.05) is 0 Å². The van der Waals surface area contributed by atoms with E-state index in [1.165, 1.54) is 36.7 Å². The SMILES string of the molecule is CC1CC1COc1cncc(NC(=O)c2ccnc(Nc3cccc(C(F)(F)F)n3)c2)c1. The highest BCUT2D eigenvalue weighted by atomic mass is 19.4. The maximum Gasteiger partial charge on any atom is 0.433 e. The molecule has 1 fully saturated rings. The van der Waals surface area contributed by atoms with Crippen LogP contribution in [0, 0.1) is 11.8 Å². The molecule has 0 saturated heterocycles. The summed E-state index contributed by atoms with van der Waals surface area (Å²) in [7, 11) is 0. The van der Waals surface area contributed by atoms with Crippen LogP contribution >= 0.6 is 0 Å². The van der Waals surface area contributed by atoms with E-state index in [0.717, 1.165) is 12.5 Å². The van der Waals surface area contributed by atoms with Crippen LogP contribution in [0.25, 0.3) is 0 Å². The molecule has 166 valence electrons. The third-order valence-electron chi connectivity index (χ3n) is 5.03. The van der Waals surface area contributed by atoms with Crippen LogP contribution in [-0.4, -0.2) is 27.5 Å². The number of carbonyl (C=O) groups is 1. The topological polar surface area (TPSA) is 89.0 Å². The molecule has 0 spiro atoms. The van der Waals surface area contributed by atoms with Gasteiger partial charge in [0.2, 0.25) is 0 Å². The number of alkyl halides is 3. The Morgan fingerprint density at radius 1 is 1.19 bits per heavy atom. The summed E-state index contributed by atoms with van der Waals surface area (Å²) in [4.78, 5) is 24.3. The Morgan fingerprint density at radius 2 is 2.00 bits per heavy atom. The Labute approximate surface area is 182 Å². The van der Waals surface area contributed by atoms with Gasteiger partial charge in [0.25, 0.3) is 5.91 Å². The van der Waals surface area contributed by atoms with Gasteiger partial charge in [-0.1, -0.05) is 13.0 Å². The number of rotatable bonds is 7. The smallest absolute Gasteiger partial charge is 0.433 e. The molecule has 2 unspecified atom stereocenters. The monoisotopic (exact) mass is 443 g/mol. The Hall–Kier alpha value is -3.69. The molecule has 1 amide bonds. The van der Waals surface area contributed by atoms with Crippen LogP contribution < -0.4 is 15.4 Å². The van der Waals surface area contributed by atoms with Gasteiger partial charge in [-0.05, 0) is 42.5 Å². The van der Waals surface area contributed by atoms with Crippen LogP contribution in [0.4, 0.5) is 30.5 Å². The molecule has 3 aromatic heterocycles. The Balaban J connectivity index is 1.41. The molecular weight excluding hydrogens is 423 g/mol. The van der Waals surface area contributed by atoms with Gasteiger partial charge in [-0.25, -0.2) is 9.97 Å². The molecule has 3 heterocycles. The second kappa shape index (κ2) is 8.81. The van der Waals surface area contributed by atoms with Crippen molar-refractivity contribution in [2.24, 2.45) is 11.8 Å². The van der Waals surface area contributed by atoms with Crippen molar-refractivity contribution in [3.8, 4) is 5.75 Å². The highest BCUT2D eigenvalue weighted by Crippen LogP contribution is 2.38. The first kappa shape index (κ1) is 21.5. The van der Waals surface area contributed by atoms with Crippen molar-refractivity contribution in [2.45, 2.75) is 19.5 Å². The van der Waals surface area contributed by atoms with Gasteiger partial charge < -0.3 is 15.4 Å². The number of carbonyl (C=O) groups excluding carboxylic acids is 1. The second-order valence-electron chi connectivity index (χ2n) is 7.61. The molecule has 7 nitrogen and oxygen atoms in total. The van der Waals surface area contributed by atoms with E-state index in [9.17, 15) is 18.0 Å². The fourth-order valence-corrected chi connectivity index (χ4v) is 3.04. The van der Waals surface area contributed by atoms with E-state index in [1.54, 1.807) is 12.3 Å². The number of nitrogens with one attached hydrogen (secondary N) is 2. The minimum absolute atomic E-state index is 0.0380. The molecule has 1 aliphatic carbocycles. The molecule has 4 rings (SSSR count). The molecule has 3 aromatic rings. The highest BCUT2D eigenvalue weighted by molar-refractivity contribution is 6.04. The first-order valence-corrected chi connectivity index (χ1v) is 9.94. The molecule has 2 atom stereocenters. The van der Waals surface area contributed by atoms with Gasteiger partial charge in [0.1, 0.15) is 23.1 Å². The maximum atomic E-state index is 12.8. The average Bonchev–Trinajstić information content (AvgIpc) is 3.47. The third-order valence-corrected chi connectivity index (χ3v) is 5.03. The molecule has 1 saturated carbocycles. The first-order chi connectivity index (χ1) is 15.3. The predicted molar refractivity (Wildman–Crippen MR) is 112 cm³/mol. The molecule has 0 aliphatic heterocycles. The normalized spacial score (nSPS) is 17.5. The standard InChI is InChI=1S/C22H20F3N5O2/c1-13-7-15(13)12-32-17-9-16(10-26-11-17)28-21(31)14-5-6-27-20(8-14)30-19-4-2-3-18(29-19)22(23,24)25/h2-6,8-11,13,15H,7,12H2,1H3,(H,28,31)(H,27,29,30). The van der Waals surface area contributed by atoms with Gasteiger partial charge >= 0.3 is 6.18 Å². The largest absolute Gasteiger partial charge is 0.492 e. The van der Waals surface area contributed by atoms with Crippen molar-refractivity contribution < 1.29 is 22.7 Å². The minimum atomic E-state index is -4.56. The Morgan fingerprint density at radius 3 is 2.75 bits per heavy atom. The van der Waals surface area contributed by atoms with Gasteiger partial charge in [0, 0.05) is 17.8 Å². The van der Waals surface area contributed by atoms with Crippen molar-refractivity contribution in [1.82, 2.24) is 15.0 Å². The van der Waals surface area contributed by atoms with Gasteiger partial charge in [-0.3, -0.25) is 9.78 Å². The van der Waals surface area contributed by atoms with E-state index < -0.39 is 17.8 Å². The summed E-state index contributed by atoms with van der Waals surface area (Å²) in [5, 5.41) is 5.42. The van der Waals surface area contributed by atoms with E-state index in [-0.39, 0.29) is 17.2 Å². The van der Waals surface area contributed by atoms with Gasteiger partial charge in [-0.15, -0.1) is 0 Å². The van der Waals surface area contributed by atoms with Crippen molar-refractivity contribution in [1.29, 1.82) is 0 Å². The van der Waals surface area contributed by atoms with Crippen LogP contribution in [0.3, 0.4) is 0 Å². The zero-order valence-electron chi connectivity index (χ0n) is 17.1. The van der Waals surface area contributed by atoms with E-state index in [2.05, 4.69) is 32.5 Å². The molecule has 1 aliphatic rings. The summed E-state index contributed by atoms with van der Waals surface area (Å²) >= 11 is 0. The zero-order valence-corrected chi connectivity index (χ0v) is 17.1. The number of nitrogens with zero attached hydrogens (tertiary/aromatic N) is 3. The number of hydrogen-bond acceptors (Lipinski definition) is 6. The molecule has 10 heteroatoms. The van der Waals surface area contributed by atoms with Crippen LogP contribution in [0.2, 0.25) is 0 Å². The lowest BCUT2D eigenvalue weighted by atomic mass is 10.2. The summed E-state index contributed by atoms with van der Waals surface area (Å²) in [5.41, 5.74) is -0.308. The number of aromatic nitrogens is 3. The lowest BCUT2D eigenvalue weighted by Gasteiger charge is -2.11. The van der Waals surface area contributed by atoms with Crippen LogP contribution in [0.1, 0.15) is 29.4 Å². The van der Waals surface area contributed by atoms with Gasteiger partial charge in [0.05, 0.1) is 24.7 Å². The van der Waals surface area contributed by atoms with Crippen molar-refractivity contribution in [3.05, 3.63) is 66.2 Å².